The van der Waals surface area contributed by atoms with Crippen LogP contribution in [0.3, 0.4) is 0 Å². The molecule has 1 aromatic rings. The van der Waals surface area contributed by atoms with E-state index in [1.54, 1.807) is 7.11 Å². The summed E-state index contributed by atoms with van der Waals surface area (Å²) in [5.74, 6) is 1.70. The Labute approximate surface area is 129 Å². The summed E-state index contributed by atoms with van der Waals surface area (Å²) in [6.07, 6.45) is 3.46. The van der Waals surface area contributed by atoms with Gasteiger partial charge in [0.25, 0.3) is 0 Å². The molecule has 0 bridgehead atoms. The molecule has 1 aliphatic heterocycles. The minimum absolute atomic E-state index is 0.101. The number of hydrogen-bond donors (Lipinski definition) is 1. The van der Waals surface area contributed by atoms with Gasteiger partial charge >= 0.3 is 0 Å². The second kappa shape index (κ2) is 6.80. The maximum atomic E-state index is 6.14. The predicted molar refractivity (Wildman–Crippen MR) is 88.7 cm³/mol. The summed E-state index contributed by atoms with van der Waals surface area (Å²) in [7, 11) is 1.70. The third-order valence-electron chi connectivity index (χ3n) is 5.03. The minimum Gasteiger partial charge on any atom is -0.497 e. The second-order valence-electron chi connectivity index (χ2n) is 6.89. The second-order valence-corrected chi connectivity index (χ2v) is 6.89. The van der Waals surface area contributed by atoms with Gasteiger partial charge in [-0.1, -0.05) is 19.1 Å². The molecule has 21 heavy (non-hydrogen) atoms. The number of methoxy groups -OCH3 is 1. The molecule has 0 aromatic heterocycles. The number of aryl methyl sites for hydroxylation is 1. The maximum absolute atomic E-state index is 6.14. The summed E-state index contributed by atoms with van der Waals surface area (Å²) in [6, 6.07) is 9.03. The highest BCUT2D eigenvalue weighted by molar-refractivity contribution is 5.27. The predicted octanol–water partition coefficient (Wildman–Crippen LogP) is 3.08. The molecule has 0 spiro atoms. The Morgan fingerprint density at radius 1 is 1.29 bits per heavy atom. The van der Waals surface area contributed by atoms with Crippen LogP contribution < -0.4 is 10.5 Å². The Balaban J connectivity index is 2.00. The van der Waals surface area contributed by atoms with Gasteiger partial charge in [0.1, 0.15) is 5.75 Å². The number of ether oxygens (including phenoxy) is 1. The molecule has 1 saturated heterocycles. The van der Waals surface area contributed by atoms with Crippen LogP contribution in [-0.4, -0.2) is 36.7 Å². The van der Waals surface area contributed by atoms with E-state index in [9.17, 15) is 0 Å². The van der Waals surface area contributed by atoms with E-state index < -0.39 is 0 Å². The molecule has 0 saturated carbocycles. The molecule has 1 aromatic carbocycles. The molecule has 3 atom stereocenters. The molecular weight excluding hydrogens is 260 g/mol. The summed E-state index contributed by atoms with van der Waals surface area (Å²) in [4.78, 5) is 2.63. The van der Waals surface area contributed by atoms with Gasteiger partial charge in [0.15, 0.2) is 0 Å². The number of nitrogens with two attached hydrogens (primary N) is 1. The van der Waals surface area contributed by atoms with Crippen molar-refractivity contribution >= 4 is 0 Å². The van der Waals surface area contributed by atoms with Crippen molar-refractivity contribution in [2.24, 2.45) is 11.7 Å². The first-order valence-corrected chi connectivity index (χ1v) is 8.08. The molecule has 0 aliphatic carbocycles. The van der Waals surface area contributed by atoms with E-state index >= 15 is 0 Å². The van der Waals surface area contributed by atoms with E-state index in [2.05, 4.69) is 37.8 Å². The molecule has 2 rings (SSSR count). The van der Waals surface area contributed by atoms with Crippen LogP contribution in [0.5, 0.6) is 5.75 Å². The van der Waals surface area contributed by atoms with Gasteiger partial charge in [-0.2, -0.15) is 0 Å². The van der Waals surface area contributed by atoms with E-state index in [4.69, 9.17) is 10.5 Å². The first-order valence-electron chi connectivity index (χ1n) is 8.08. The molecule has 1 fully saturated rings. The topological polar surface area (TPSA) is 38.5 Å². The van der Waals surface area contributed by atoms with Gasteiger partial charge in [-0.15, -0.1) is 0 Å². The molecule has 3 nitrogen and oxygen atoms in total. The molecule has 1 heterocycles. The van der Waals surface area contributed by atoms with Crippen LogP contribution in [0.25, 0.3) is 0 Å². The average Bonchev–Trinajstić information content (AvgIpc) is 2.84. The molecule has 118 valence electrons. The quantitative estimate of drug-likeness (QED) is 0.875. The molecular formula is C18H30N2O. The van der Waals surface area contributed by atoms with Crippen LogP contribution in [0.1, 0.15) is 39.2 Å². The smallest absolute Gasteiger partial charge is 0.118 e. The van der Waals surface area contributed by atoms with Gasteiger partial charge in [-0.05, 0) is 56.7 Å². The van der Waals surface area contributed by atoms with Gasteiger partial charge in [0.05, 0.1) is 7.11 Å². The van der Waals surface area contributed by atoms with Gasteiger partial charge < -0.3 is 10.5 Å². The standard InChI is InChI=1S/C18H30N2O/c1-14-11-15(2)20(12-14)18(3,13-19)10-9-16-5-7-17(21-4)8-6-16/h5-8,14-15H,9-13,19H2,1-4H3. The van der Waals surface area contributed by atoms with E-state index in [1.807, 2.05) is 12.1 Å². The fourth-order valence-corrected chi connectivity index (χ4v) is 3.62. The lowest BCUT2D eigenvalue weighted by Gasteiger charge is -2.41. The van der Waals surface area contributed by atoms with E-state index in [0.29, 0.717) is 6.04 Å². The van der Waals surface area contributed by atoms with Gasteiger partial charge in [0, 0.05) is 24.7 Å². The third kappa shape index (κ3) is 3.78. The van der Waals surface area contributed by atoms with Crippen molar-refractivity contribution in [3.63, 3.8) is 0 Å². The Kier molecular flexibility index (Phi) is 5.28. The SMILES string of the molecule is COc1ccc(CCC(C)(CN)N2CC(C)CC2C)cc1. The number of nitrogens with zero attached hydrogens (tertiary/aromatic N) is 1. The van der Waals surface area contributed by atoms with Crippen molar-refractivity contribution < 1.29 is 4.74 Å². The van der Waals surface area contributed by atoms with Gasteiger partial charge in [0.2, 0.25) is 0 Å². The van der Waals surface area contributed by atoms with Crippen molar-refractivity contribution in [3.8, 4) is 5.75 Å². The monoisotopic (exact) mass is 290 g/mol. The summed E-state index contributed by atoms with van der Waals surface area (Å²) >= 11 is 0. The van der Waals surface area contributed by atoms with Crippen molar-refractivity contribution in [1.82, 2.24) is 4.90 Å². The van der Waals surface area contributed by atoms with Crippen molar-refractivity contribution in [1.29, 1.82) is 0 Å². The minimum atomic E-state index is 0.101. The summed E-state index contributed by atoms with van der Waals surface area (Å²) < 4.78 is 5.21. The van der Waals surface area contributed by atoms with Crippen molar-refractivity contribution in [3.05, 3.63) is 29.8 Å². The van der Waals surface area contributed by atoms with E-state index in [-0.39, 0.29) is 5.54 Å². The third-order valence-corrected chi connectivity index (χ3v) is 5.03. The van der Waals surface area contributed by atoms with E-state index in [0.717, 1.165) is 31.1 Å². The molecule has 2 N–H and O–H groups in total. The van der Waals surface area contributed by atoms with Crippen LogP contribution in [-0.2, 0) is 6.42 Å². The summed E-state index contributed by atoms with van der Waals surface area (Å²) in [5, 5.41) is 0. The lowest BCUT2D eigenvalue weighted by Crippen LogP contribution is -2.53. The fourth-order valence-electron chi connectivity index (χ4n) is 3.62. The molecule has 3 unspecified atom stereocenters. The van der Waals surface area contributed by atoms with Crippen LogP contribution >= 0.6 is 0 Å². The molecule has 3 heteroatoms. The number of likely N-dealkylation sites (tertiary alicyclic amines) is 1. The largest absolute Gasteiger partial charge is 0.497 e. The zero-order valence-corrected chi connectivity index (χ0v) is 13.9. The normalized spacial score (nSPS) is 25.8. The number of rotatable bonds is 6. The Bertz CT molecular complexity index is 445. The first kappa shape index (κ1) is 16.3. The molecule has 0 amide bonds. The van der Waals surface area contributed by atoms with Crippen LogP contribution in [0, 0.1) is 5.92 Å². The zero-order valence-electron chi connectivity index (χ0n) is 13.9. The van der Waals surface area contributed by atoms with Crippen molar-refractivity contribution in [2.75, 3.05) is 20.2 Å². The van der Waals surface area contributed by atoms with Crippen molar-refractivity contribution in [2.45, 2.75) is 51.6 Å². The van der Waals surface area contributed by atoms with Gasteiger partial charge in [-0.3, -0.25) is 4.90 Å². The summed E-state index contributed by atoms with van der Waals surface area (Å²) in [6.45, 7) is 8.91. The number of benzene rings is 1. The number of hydrogen-bond acceptors (Lipinski definition) is 3. The fraction of sp³-hybridized carbons (Fsp3) is 0.667. The Morgan fingerprint density at radius 3 is 2.43 bits per heavy atom. The van der Waals surface area contributed by atoms with Crippen LogP contribution in [0.2, 0.25) is 0 Å². The highest BCUT2D eigenvalue weighted by Crippen LogP contribution is 2.32. The highest BCUT2D eigenvalue weighted by atomic mass is 16.5. The van der Waals surface area contributed by atoms with Crippen LogP contribution in [0.4, 0.5) is 0 Å². The Hall–Kier alpha value is -1.06. The van der Waals surface area contributed by atoms with E-state index in [1.165, 1.54) is 18.5 Å². The lowest BCUT2D eigenvalue weighted by molar-refractivity contribution is 0.0927. The van der Waals surface area contributed by atoms with Crippen LogP contribution in [0.15, 0.2) is 24.3 Å². The first-order chi connectivity index (χ1) is 9.98. The zero-order chi connectivity index (χ0) is 15.5. The average molecular weight is 290 g/mol. The Morgan fingerprint density at radius 2 is 1.95 bits per heavy atom. The maximum Gasteiger partial charge on any atom is 0.118 e. The van der Waals surface area contributed by atoms with Gasteiger partial charge in [-0.25, -0.2) is 0 Å². The molecule has 1 aliphatic rings. The summed E-state index contributed by atoms with van der Waals surface area (Å²) in [5.41, 5.74) is 7.60. The lowest BCUT2D eigenvalue weighted by atomic mass is 9.90. The highest BCUT2D eigenvalue weighted by Gasteiger charge is 2.38. The molecule has 0 radical (unpaired) electrons.